The first-order valence-electron chi connectivity index (χ1n) is 5.14. The number of aliphatic hydroxyl groups is 1. The second-order valence-corrected chi connectivity index (χ2v) is 4.84. The van der Waals surface area contributed by atoms with Crippen molar-refractivity contribution in [3.05, 3.63) is 11.1 Å². The average Bonchev–Trinajstić information content (AvgIpc) is 2.63. The second kappa shape index (κ2) is 4.47. The fourth-order valence-electron chi connectivity index (χ4n) is 1.60. The number of thiazole rings is 1. The van der Waals surface area contributed by atoms with Crippen LogP contribution < -0.4 is 5.32 Å². The number of aryl methyl sites for hydroxylation is 1. The summed E-state index contributed by atoms with van der Waals surface area (Å²) in [6, 6.07) is 0. The Morgan fingerprint density at radius 1 is 1.60 bits per heavy atom. The lowest BCUT2D eigenvalue weighted by Gasteiger charge is -2.31. The highest BCUT2D eigenvalue weighted by molar-refractivity contribution is 7.13. The van der Waals surface area contributed by atoms with E-state index in [9.17, 15) is 5.11 Å². The smallest absolute Gasteiger partial charge is 0.182 e. The maximum absolute atomic E-state index is 10.2. The van der Waals surface area contributed by atoms with Crippen LogP contribution in [-0.2, 0) is 4.74 Å². The molecule has 0 aromatic carbocycles. The van der Waals surface area contributed by atoms with Crippen molar-refractivity contribution in [3.63, 3.8) is 0 Å². The highest BCUT2D eigenvalue weighted by atomic mass is 32.1. The summed E-state index contributed by atoms with van der Waals surface area (Å²) in [6.45, 7) is 3.82. The summed E-state index contributed by atoms with van der Waals surface area (Å²) in [4.78, 5) is 4.29. The molecule has 2 rings (SSSR count). The maximum Gasteiger partial charge on any atom is 0.182 e. The van der Waals surface area contributed by atoms with Gasteiger partial charge in [-0.3, -0.25) is 0 Å². The average molecular weight is 228 g/mol. The molecule has 1 aromatic rings. The van der Waals surface area contributed by atoms with Crippen molar-refractivity contribution in [2.24, 2.45) is 0 Å². The van der Waals surface area contributed by atoms with E-state index in [-0.39, 0.29) is 0 Å². The number of rotatable bonds is 3. The molecular formula is C10H16N2O2S. The van der Waals surface area contributed by atoms with Gasteiger partial charge in [0.25, 0.3) is 0 Å². The first kappa shape index (κ1) is 10.9. The Bertz CT molecular complexity index is 321. The fourth-order valence-corrected chi connectivity index (χ4v) is 2.29. The molecule has 1 saturated heterocycles. The fraction of sp³-hybridized carbons (Fsp3) is 0.700. The zero-order valence-electron chi connectivity index (χ0n) is 8.82. The van der Waals surface area contributed by atoms with Crippen LogP contribution in [0.3, 0.4) is 0 Å². The van der Waals surface area contributed by atoms with Crippen LogP contribution in [0, 0.1) is 6.92 Å². The van der Waals surface area contributed by atoms with Crippen LogP contribution in [0.25, 0.3) is 0 Å². The van der Waals surface area contributed by atoms with Gasteiger partial charge in [-0.15, -0.1) is 11.3 Å². The second-order valence-electron chi connectivity index (χ2n) is 3.98. The van der Waals surface area contributed by atoms with E-state index in [1.54, 1.807) is 11.3 Å². The lowest BCUT2D eigenvalue weighted by Crippen LogP contribution is -2.42. The van der Waals surface area contributed by atoms with Gasteiger partial charge < -0.3 is 15.2 Å². The van der Waals surface area contributed by atoms with Crippen molar-refractivity contribution in [2.75, 3.05) is 25.1 Å². The minimum absolute atomic E-state index is 0.559. The third-order valence-electron chi connectivity index (χ3n) is 2.61. The highest BCUT2D eigenvalue weighted by Gasteiger charge is 2.29. The molecule has 1 fully saturated rings. The molecule has 0 amide bonds. The Hall–Kier alpha value is -0.650. The number of anilines is 1. The standard InChI is InChI=1S/C10H16N2O2S/c1-8-6-15-9(12-8)11-7-10(13)2-4-14-5-3-10/h6,13H,2-5,7H2,1H3,(H,11,12). The molecule has 4 nitrogen and oxygen atoms in total. The molecule has 1 aliphatic heterocycles. The Kier molecular flexibility index (Phi) is 3.23. The number of ether oxygens (including phenoxy) is 1. The Labute approximate surface area is 93.3 Å². The number of nitrogens with one attached hydrogen (secondary N) is 1. The van der Waals surface area contributed by atoms with Crippen LogP contribution in [0.15, 0.2) is 5.38 Å². The topological polar surface area (TPSA) is 54.4 Å². The molecular weight excluding hydrogens is 212 g/mol. The van der Waals surface area contributed by atoms with E-state index in [0.29, 0.717) is 32.6 Å². The SMILES string of the molecule is Cc1csc(NCC2(O)CCOCC2)n1. The molecule has 0 bridgehead atoms. The normalized spacial score (nSPS) is 20.1. The van der Waals surface area contributed by atoms with Gasteiger partial charge in [-0.2, -0.15) is 0 Å². The molecule has 2 heterocycles. The van der Waals surface area contributed by atoms with E-state index in [0.717, 1.165) is 10.8 Å². The molecule has 84 valence electrons. The maximum atomic E-state index is 10.2. The van der Waals surface area contributed by atoms with Crippen molar-refractivity contribution < 1.29 is 9.84 Å². The van der Waals surface area contributed by atoms with E-state index >= 15 is 0 Å². The zero-order valence-corrected chi connectivity index (χ0v) is 9.64. The summed E-state index contributed by atoms with van der Waals surface area (Å²) in [5.74, 6) is 0. The van der Waals surface area contributed by atoms with E-state index in [1.165, 1.54) is 0 Å². The molecule has 0 radical (unpaired) electrons. The molecule has 1 aromatic heterocycles. The minimum atomic E-state index is -0.627. The predicted octanol–water partition coefficient (Wildman–Crippen LogP) is 1.40. The summed E-state index contributed by atoms with van der Waals surface area (Å²) in [7, 11) is 0. The molecule has 2 N–H and O–H groups in total. The van der Waals surface area contributed by atoms with E-state index in [1.807, 2.05) is 12.3 Å². The van der Waals surface area contributed by atoms with Gasteiger partial charge in [-0.05, 0) is 6.92 Å². The summed E-state index contributed by atoms with van der Waals surface area (Å²) in [6.07, 6.45) is 1.40. The van der Waals surface area contributed by atoms with Crippen molar-refractivity contribution in [2.45, 2.75) is 25.4 Å². The molecule has 15 heavy (non-hydrogen) atoms. The van der Waals surface area contributed by atoms with E-state index in [4.69, 9.17) is 4.74 Å². The molecule has 5 heteroatoms. The van der Waals surface area contributed by atoms with Gasteiger partial charge in [0.2, 0.25) is 0 Å². The van der Waals surface area contributed by atoms with Gasteiger partial charge in [0.05, 0.1) is 11.3 Å². The third-order valence-corrected chi connectivity index (χ3v) is 3.53. The Morgan fingerprint density at radius 3 is 2.93 bits per heavy atom. The van der Waals surface area contributed by atoms with Crippen LogP contribution in [0.1, 0.15) is 18.5 Å². The Balaban J connectivity index is 1.86. The molecule has 0 unspecified atom stereocenters. The van der Waals surface area contributed by atoms with Gasteiger partial charge in [0, 0.05) is 38.0 Å². The summed E-state index contributed by atoms with van der Waals surface area (Å²) in [5.41, 5.74) is 0.388. The quantitative estimate of drug-likeness (QED) is 0.821. The molecule has 0 aliphatic carbocycles. The van der Waals surface area contributed by atoms with E-state index < -0.39 is 5.60 Å². The lowest BCUT2D eigenvalue weighted by atomic mass is 9.95. The molecule has 0 saturated carbocycles. The van der Waals surface area contributed by atoms with Crippen molar-refractivity contribution in [1.82, 2.24) is 4.98 Å². The number of hydrogen-bond acceptors (Lipinski definition) is 5. The van der Waals surface area contributed by atoms with E-state index in [2.05, 4.69) is 10.3 Å². The molecule has 0 atom stereocenters. The predicted molar refractivity (Wildman–Crippen MR) is 60.3 cm³/mol. The number of aromatic nitrogens is 1. The Morgan fingerprint density at radius 2 is 2.33 bits per heavy atom. The highest BCUT2D eigenvalue weighted by Crippen LogP contribution is 2.22. The number of hydrogen-bond donors (Lipinski definition) is 2. The largest absolute Gasteiger partial charge is 0.388 e. The van der Waals surface area contributed by atoms with Gasteiger partial charge in [-0.25, -0.2) is 4.98 Å². The minimum Gasteiger partial charge on any atom is -0.388 e. The third kappa shape index (κ3) is 2.90. The molecule has 1 aliphatic rings. The number of nitrogens with zero attached hydrogens (tertiary/aromatic N) is 1. The summed E-state index contributed by atoms with van der Waals surface area (Å²) in [5, 5.41) is 16.2. The van der Waals surface area contributed by atoms with Crippen LogP contribution in [0.5, 0.6) is 0 Å². The van der Waals surface area contributed by atoms with Crippen LogP contribution in [0.2, 0.25) is 0 Å². The first-order chi connectivity index (χ1) is 7.18. The first-order valence-corrected chi connectivity index (χ1v) is 6.02. The van der Waals surface area contributed by atoms with Gasteiger partial charge >= 0.3 is 0 Å². The van der Waals surface area contributed by atoms with Crippen LogP contribution in [-0.4, -0.2) is 35.5 Å². The summed E-state index contributed by atoms with van der Waals surface area (Å²) >= 11 is 1.57. The molecule has 0 spiro atoms. The van der Waals surface area contributed by atoms with Crippen LogP contribution >= 0.6 is 11.3 Å². The lowest BCUT2D eigenvalue weighted by molar-refractivity contribution is -0.0543. The van der Waals surface area contributed by atoms with Gasteiger partial charge in [0.1, 0.15) is 0 Å². The van der Waals surface area contributed by atoms with Crippen molar-refractivity contribution in [3.8, 4) is 0 Å². The zero-order chi connectivity index (χ0) is 10.7. The van der Waals surface area contributed by atoms with Crippen molar-refractivity contribution >= 4 is 16.5 Å². The van der Waals surface area contributed by atoms with Gasteiger partial charge in [0.15, 0.2) is 5.13 Å². The monoisotopic (exact) mass is 228 g/mol. The van der Waals surface area contributed by atoms with Crippen LogP contribution in [0.4, 0.5) is 5.13 Å². The summed E-state index contributed by atoms with van der Waals surface area (Å²) < 4.78 is 5.22. The van der Waals surface area contributed by atoms with Gasteiger partial charge in [-0.1, -0.05) is 0 Å². The van der Waals surface area contributed by atoms with Crippen molar-refractivity contribution in [1.29, 1.82) is 0 Å².